The van der Waals surface area contributed by atoms with Crippen molar-refractivity contribution in [1.82, 2.24) is 0 Å². The van der Waals surface area contributed by atoms with E-state index in [1.165, 1.54) is 6.42 Å². The summed E-state index contributed by atoms with van der Waals surface area (Å²) in [7, 11) is 0. The van der Waals surface area contributed by atoms with Crippen molar-refractivity contribution in [2.45, 2.75) is 24.4 Å². The van der Waals surface area contributed by atoms with Crippen LogP contribution in [0.5, 0.6) is 0 Å². The van der Waals surface area contributed by atoms with Gasteiger partial charge in [-0.3, -0.25) is 0 Å². The van der Waals surface area contributed by atoms with Gasteiger partial charge < -0.3 is 0 Å². The van der Waals surface area contributed by atoms with E-state index in [-0.39, 0.29) is 15.4 Å². The summed E-state index contributed by atoms with van der Waals surface area (Å²) in [6.45, 7) is 2.26. The SMILES string of the molecule is CC[CH2][GeH2][CH3]. The number of hydrogen-bond donors (Lipinski definition) is 0. The van der Waals surface area contributed by atoms with Gasteiger partial charge in [-0.25, -0.2) is 0 Å². The first-order chi connectivity index (χ1) is 2.41. The molecule has 0 atom stereocenters. The van der Waals surface area contributed by atoms with Crippen LogP contribution in [-0.2, 0) is 0 Å². The second-order valence-electron chi connectivity index (χ2n) is 1.35. The second kappa shape index (κ2) is 4.54. The van der Waals surface area contributed by atoms with Gasteiger partial charge in [-0.1, -0.05) is 0 Å². The monoisotopic (exact) mass is 134 g/mol. The van der Waals surface area contributed by atoms with Gasteiger partial charge in [0.2, 0.25) is 0 Å². The Balaban J connectivity index is 2.19. The van der Waals surface area contributed by atoms with E-state index in [1.807, 2.05) is 0 Å². The molecule has 0 amide bonds. The fourth-order valence-corrected chi connectivity index (χ4v) is 1.84. The van der Waals surface area contributed by atoms with Gasteiger partial charge in [0, 0.05) is 0 Å². The summed E-state index contributed by atoms with van der Waals surface area (Å²) in [5.74, 6) is 2.40. The molecule has 32 valence electrons. The Hall–Kier alpha value is 0.543. The van der Waals surface area contributed by atoms with Crippen LogP contribution in [0.1, 0.15) is 13.3 Å². The molecule has 0 saturated carbocycles. The van der Waals surface area contributed by atoms with Crippen molar-refractivity contribution in [2.24, 2.45) is 0 Å². The van der Waals surface area contributed by atoms with Crippen molar-refractivity contribution >= 4 is 15.4 Å². The summed E-state index contributed by atoms with van der Waals surface area (Å²) in [6, 6.07) is 0. The molecule has 0 heterocycles. The van der Waals surface area contributed by atoms with Crippen LogP contribution >= 0.6 is 0 Å². The van der Waals surface area contributed by atoms with Gasteiger partial charge in [0.25, 0.3) is 0 Å². The zero-order valence-electron chi connectivity index (χ0n) is 4.12. The summed E-state index contributed by atoms with van der Waals surface area (Å²) in [5, 5.41) is 1.58. The number of hydrogen-bond acceptors (Lipinski definition) is 0. The second-order valence-corrected chi connectivity index (χ2v) is 4.94. The summed E-state index contributed by atoms with van der Waals surface area (Å²) >= 11 is 0.0885. The third kappa shape index (κ3) is 4.54. The van der Waals surface area contributed by atoms with Crippen molar-refractivity contribution in [1.29, 1.82) is 0 Å². The first kappa shape index (κ1) is 5.54. The molecule has 5 heavy (non-hydrogen) atoms. The average molecular weight is 133 g/mol. The molecule has 0 aliphatic heterocycles. The van der Waals surface area contributed by atoms with E-state index in [4.69, 9.17) is 0 Å². The van der Waals surface area contributed by atoms with Gasteiger partial charge in [0.15, 0.2) is 0 Å². The minimum absolute atomic E-state index is 0.0885. The quantitative estimate of drug-likeness (QED) is 0.493. The van der Waals surface area contributed by atoms with Crippen LogP contribution in [0.4, 0.5) is 0 Å². The van der Waals surface area contributed by atoms with E-state index >= 15 is 0 Å². The Morgan fingerprint density at radius 1 is 1.60 bits per heavy atom. The Kier molecular flexibility index (Phi) is 5.04. The van der Waals surface area contributed by atoms with E-state index < -0.39 is 0 Å². The van der Waals surface area contributed by atoms with Crippen molar-refractivity contribution in [3.63, 3.8) is 0 Å². The van der Waals surface area contributed by atoms with E-state index in [9.17, 15) is 0 Å². The van der Waals surface area contributed by atoms with Gasteiger partial charge in [0.1, 0.15) is 0 Å². The zero-order chi connectivity index (χ0) is 4.12. The Labute approximate surface area is 40.4 Å². The van der Waals surface area contributed by atoms with Crippen LogP contribution < -0.4 is 0 Å². The van der Waals surface area contributed by atoms with Crippen molar-refractivity contribution < 1.29 is 0 Å². The molecule has 0 spiro atoms. The molecule has 0 aromatic rings. The van der Waals surface area contributed by atoms with E-state index in [1.54, 1.807) is 5.25 Å². The van der Waals surface area contributed by atoms with E-state index in [0.29, 0.717) is 0 Å². The first-order valence-corrected chi connectivity index (χ1v) is 7.48. The molecular weight excluding hydrogens is 121 g/mol. The maximum atomic E-state index is 2.40. The zero-order valence-corrected chi connectivity index (χ0v) is 7.09. The molecule has 0 aromatic carbocycles. The van der Waals surface area contributed by atoms with Gasteiger partial charge in [0.05, 0.1) is 0 Å². The standard InChI is InChI=1S/C4H12Ge/c1-3-4-5-2/h3-5H2,1-2H3. The topological polar surface area (TPSA) is 0 Å². The molecule has 0 saturated heterocycles. The predicted molar refractivity (Wildman–Crippen MR) is 29.5 cm³/mol. The summed E-state index contributed by atoms with van der Waals surface area (Å²) in [6.07, 6.45) is 1.43. The molecule has 0 aromatic heterocycles. The predicted octanol–water partition coefficient (Wildman–Crippen LogP) is 1.03. The summed E-state index contributed by atoms with van der Waals surface area (Å²) in [5.41, 5.74) is 0. The minimum atomic E-state index is 0.0885. The summed E-state index contributed by atoms with van der Waals surface area (Å²) in [4.78, 5) is 0. The van der Waals surface area contributed by atoms with Crippen LogP contribution in [0.2, 0.25) is 11.0 Å². The Bertz CT molecular complexity index is 11.1. The molecule has 0 N–H and O–H groups in total. The summed E-state index contributed by atoms with van der Waals surface area (Å²) < 4.78 is 0. The Morgan fingerprint density at radius 3 is 2.20 bits per heavy atom. The third-order valence-corrected chi connectivity index (χ3v) is 3.67. The van der Waals surface area contributed by atoms with Crippen LogP contribution in [-0.4, -0.2) is 15.4 Å². The molecule has 0 nitrogen and oxygen atoms in total. The van der Waals surface area contributed by atoms with E-state index in [0.717, 1.165) is 0 Å². The van der Waals surface area contributed by atoms with Crippen LogP contribution in [0.15, 0.2) is 0 Å². The van der Waals surface area contributed by atoms with Crippen LogP contribution in [0.3, 0.4) is 0 Å². The van der Waals surface area contributed by atoms with Gasteiger partial charge in [-0.2, -0.15) is 0 Å². The van der Waals surface area contributed by atoms with Crippen molar-refractivity contribution in [3.8, 4) is 0 Å². The fraction of sp³-hybridized carbons (Fsp3) is 1.00. The normalized spacial score (nSPS) is 10.8. The van der Waals surface area contributed by atoms with Crippen LogP contribution in [0.25, 0.3) is 0 Å². The molecule has 0 bridgehead atoms. The molecule has 0 aliphatic rings. The van der Waals surface area contributed by atoms with Gasteiger partial charge in [-0.05, 0) is 0 Å². The molecular formula is C4H12Ge. The van der Waals surface area contributed by atoms with Crippen LogP contribution in [0, 0.1) is 0 Å². The fourth-order valence-electron chi connectivity index (χ4n) is 0.354. The molecule has 0 fully saturated rings. The molecule has 0 radical (unpaired) electrons. The molecule has 0 rings (SSSR count). The van der Waals surface area contributed by atoms with Gasteiger partial charge in [-0.15, -0.1) is 0 Å². The first-order valence-electron chi connectivity index (χ1n) is 2.41. The molecule has 0 unspecified atom stereocenters. The van der Waals surface area contributed by atoms with E-state index in [2.05, 4.69) is 12.7 Å². The molecule has 0 aliphatic carbocycles. The number of rotatable bonds is 2. The molecule has 1 heteroatoms. The average Bonchev–Trinajstić information content (AvgIpc) is 1.41. The maximum absolute atomic E-state index is 2.40. The van der Waals surface area contributed by atoms with Crippen molar-refractivity contribution in [2.75, 3.05) is 0 Å². The van der Waals surface area contributed by atoms with Gasteiger partial charge >= 0.3 is 39.8 Å². The van der Waals surface area contributed by atoms with Crippen molar-refractivity contribution in [3.05, 3.63) is 0 Å². The Morgan fingerprint density at radius 2 is 2.20 bits per heavy atom. The third-order valence-electron chi connectivity index (χ3n) is 0.707.